The lowest BCUT2D eigenvalue weighted by Crippen LogP contribution is -2.20. The van der Waals surface area contributed by atoms with Crippen molar-refractivity contribution in [2.24, 2.45) is 0 Å². The summed E-state index contributed by atoms with van der Waals surface area (Å²) >= 11 is 0. The molecule has 0 saturated carbocycles. The molecule has 0 aliphatic carbocycles. The molecule has 0 atom stereocenters. The Balaban J connectivity index is 4.39. The molecule has 0 aliphatic rings. The van der Waals surface area contributed by atoms with Crippen molar-refractivity contribution in [2.45, 2.75) is 6.92 Å². The second-order valence-electron chi connectivity index (χ2n) is 2.69. The van der Waals surface area contributed by atoms with Gasteiger partial charge in [-0.15, -0.1) is 0 Å². The summed E-state index contributed by atoms with van der Waals surface area (Å²) in [7, 11) is 0. The van der Waals surface area contributed by atoms with Crippen molar-refractivity contribution in [1.29, 1.82) is 5.26 Å². The summed E-state index contributed by atoms with van der Waals surface area (Å²) in [5, 5.41) is 25.6. The van der Waals surface area contributed by atoms with Crippen LogP contribution < -0.4 is 0 Å². The van der Waals surface area contributed by atoms with Gasteiger partial charge in [-0.25, -0.2) is 4.79 Å². The standard InChI is InChI=1S/C10H14N2O3/c1-2-12(6-7-13)5-3-4-9(8-11)10(14)15/h3-5,13H,2,6-7H2,1H3,(H,14,15)/b5-3+,9-4+. The number of aliphatic carboxylic acids is 1. The third kappa shape index (κ3) is 5.49. The maximum Gasteiger partial charge on any atom is 0.346 e. The van der Waals surface area contributed by atoms with Gasteiger partial charge in [0.2, 0.25) is 0 Å². The number of aliphatic hydroxyl groups is 1. The van der Waals surface area contributed by atoms with Gasteiger partial charge in [0.1, 0.15) is 11.6 Å². The molecule has 0 unspecified atom stereocenters. The largest absolute Gasteiger partial charge is 0.477 e. The highest BCUT2D eigenvalue weighted by Crippen LogP contribution is 1.95. The van der Waals surface area contributed by atoms with Gasteiger partial charge in [-0.3, -0.25) is 0 Å². The summed E-state index contributed by atoms with van der Waals surface area (Å²) in [4.78, 5) is 12.2. The molecule has 0 bridgehead atoms. The van der Waals surface area contributed by atoms with Crippen LogP contribution in [0.4, 0.5) is 0 Å². The first-order chi connectivity index (χ1) is 7.15. The number of likely N-dealkylation sites (N-methyl/N-ethyl adjacent to an activating group) is 1. The van der Waals surface area contributed by atoms with Crippen LogP contribution in [-0.4, -0.2) is 40.8 Å². The molecule has 0 fully saturated rings. The van der Waals surface area contributed by atoms with Gasteiger partial charge in [0.25, 0.3) is 0 Å². The molecule has 0 aromatic heterocycles. The lowest BCUT2D eigenvalue weighted by molar-refractivity contribution is -0.132. The smallest absolute Gasteiger partial charge is 0.346 e. The zero-order chi connectivity index (χ0) is 11.7. The topological polar surface area (TPSA) is 84.6 Å². The SMILES string of the molecule is CCN(/C=C/C=C(\C#N)C(=O)O)CCO. The molecule has 0 radical (unpaired) electrons. The summed E-state index contributed by atoms with van der Waals surface area (Å²) in [5.41, 5.74) is -0.314. The third-order valence-corrected chi connectivity index (χ3v) is 1.70. The number of allylic oxidation sites excluding steroid dienone is 2. The van der Waals surface area contributed by atoms with Crippen molar-refractivity contribution >= 4 is 5.97 Å². The fraction of sp³-hybridized carbons (Fsp3) is 0.400. The molecule has 0 spiro atoms. The maximum absolute atomic E-state index is 10.4. The molecule has 0 heterocycles. The van der Waals surface area contributed by atoms with Crippen molar-refractivity contribution in [2.75, 3.05) is 19.7 Å². The third-order valence-electron chi connectivity index (χ3n) is 1.70. The number of hydrogen-bond acceptors (Lipinski definition) is 4. The fourth-order valence-electron chi connectivity index (χ4n) is 0.884. The molecule has 0 rings (SSSR count). The number of nitriles is 1. The zero-order valence-electron chi connectivity index (χ0n) is 8.55. The minimum Gasteiger partial charge on any atom is -0.477 e. The number of hydrogen-bond donors (Lipinski definition) is 2. The summed E-state index contributed by atoms with van der Waals surface area (Å²) in [6, 6.07) is 1.57. The predicted molar refractivity (Wildman–Crippen MR) is 54.8 cm³/mol. The highest BCUT2D eigenvalue weighted by Gasteiger charge is 2.02. The van der Waals surface area contributed by atoms with Crippen LogP contribution in [0.1, 0.15) is 6.92 Å². The molecule has 2 N–H and O–H groups in total. The summed E-state index contributed by atoms with van der Waals surface area (Å²) < 4.78 is 0. The van der Waals surface area contributed by atoms with Crippen LogP contribution >= 0.6 is 0 Å². The van der Waals surface area contributed by atoms with Gasteiger partial charge in [-0.05, 0) is 25.3 Å². The number of nitrogens with zero attached hydrogens (tertiary/aromatic N) is 2. The minimum atomic E-state index is -1.24. The quantitative estimate of drug-likeness (QED) is 0.375. The Hall–Kier alpha value is -1.80. The number of carboxylic acid groups (broad SMARTS) is 1. The average molecular weight is 210 g/mol. The Morgan fingerprint density at radius 1 is 1.60 bits per heavy atom. The Morgan fingerprint density at radius 2 is 2.27 bits per heavy atom. The number of carboxylic acids is 1. The summed E-state index contributed by atoms with van der Waals surface area (Å²) in [6.45, 7) is 3.13. The number of carbonyl (C=O) groups is 1. The zero-order valence-corrected chi connectivity index (χ0v) is 8.55. The molecular weight excluding hydrogens is 196 g/mol. The molecule has 0 amide bonds. The van der Waals surface area contributed by atoms with E-state index in [1.165, 1.54) is 12.2 Å². The van der Waals surface area contributed by atoms with Gasteiger partial charge in [0.05, 0.1) is 6.61 Å². The molecule has 0 saturated heterocycles. The lowest BCUT2D eigenvalue weighted by atomic mass is 10.3. The van der Waals surface area contributed by atoms with E-state index in [-0.39, 0.29) is 12.2 Å². The lowest BCUT2D eigenvalue weighted by Gasteiger charge is -2.15. The van der Waals surface area contributed by atoms with Crippen LogP contribution in [0.2, 0.25) is 0 Å². The van der Waals surface area contributed by atoms with E-state index < -0.39 is 5.97 Å². The van der Waals surface area contributed by atoms with Gasteiger partial charge in [-0.2, -0.15) is 5.26 Å². The number of aliphatic hydroxyl groups excluding tert-OH is 1. The molecule has 5 nitrogen and oxygen atoms in total. The Labute approximate surface area is 88.5 Å². The highest BCUT2D eigenvalue weighted by atomic mass is 16.4. The highest BCUT2D eigenvalue weighted by molar-refractivity contribution is 5.91. The van der Waals surface area contributed by atoms with Gasteiger partial charge >= 0.3 is 5.97 Å². The first kappa shape index (κ1) is 13.2. The second kappa shape index (κ2) is 7.59. The molecule has 0 aromatic carbocycles. The van der Waals surface area contributed by atoms with Crippen molar-refractivity contribution in [3.63, 3.8) is 0 Å². The van der Waals surface area contributed by atoms with Crippen molar-refractivity contribution in [3.8, 4) is 6.07 Å². The van der Waals surface area contributed by atoms with Crippen LogP contribution in [0.15, 0.2) is 23.9 Å². The van der Waals surface area contributed by atoms with E-state index >= 15 is 0 Å². The average Bonchev–Trinajstić information content (AvgIpc) is 2.22. The monoisotopic (exact) mass is 210 g/mol. The van der Waals surface area contributed by atoms with Crippen LogP contribution in [0, 0.1) is 11.3 Å². The number of rotatable bonds is 6. The maximum atomic E-state index is 10.4. The summed E-state index contributed by atoms with van der Waals surface area (Å²) in [5.74, 6) is -1.24. The van der Waals surface area contributed by atoms with Gasteiger partial charge in [-0.1, -0.05) is 0 Å². The van der Waals surface area contributed by atoms with Gasteiger partial charge in [0.15, 0.2) is 0 Å². The fourth-order valence-corrected chi connectivity index (χ4v) is 0.884. The molecule has 0 aromatic rings. The normalized spacial score (nSPS) is 11.4. The van der Waals surface area contributed by atoms with Crippen LogP contribution in [0.5, 0.6) is 0 Å². The van der Waals surface area contributed by atoms with Gasteiger partial charge in [0, 0.05) is 13.1 Å². The molecule has 0 aliphatic heterocycles. The van der Waals surface area contributed by atoms with E-state index in [0.717, 1.165) is 0 Å². The van der Waals surface area contributed by atoms with Crippen molar-refractivity contribution in [1.82, 2.24) is 4.90 Å². The van der Waals surface area contributed by atoms with E-state index in [9.17, 15) is 4.79 Å². The second-order valence-corrected chi connectivity index (χ2v) is 2.69. The van der Waals surface area contributed by atoms with Crippen molar-refractivity contribution in [3.05, 3.63) is 23.9 Å². The first-order valence-corrected chi connectivity index (χ1v) is 4.52. The minimum absolute atomic E-state index is 0.0337. The molecule has 15 heavy (non-hydrogen) atoms. The van der Waals surface area contributed by atoms with E-state index in [1.54, 1.807) is 17.2 Å². The Bertz CT molecular complexity index is 302. The molecule has 5 heteroatoms. The van der Waals surface area contributed by atoms with E-state index in [2.05, 4.69) is 0 Å². The summed E-state index contributed by atoms with van der Waals surface area (Å²) in [6.07, 6.45) is 4.34. The van der Waals surface area contributed by atoms with Gasteiger partial charge < -0.3 is 15.1 Å². The van der Waals surface area contributed by atoms with Crippen LogP contribution in [0.3, 0.4) is 0 Å². The predicted octanol–water partition coefficient (Wildman–Crippen LogP) is 0.349. The Morgan fingerprint density at radius 3 is 2.67 bits per heavy atom. The van der Waals surface area contributed by atoms with E-state index in [1.807, 2.05) is 6.92 Å². The van der Waals surface area contributed by atoms with Crippen molar-refractivity contribution < 1.29 is 15.0 Å². The van der Waals surface area contributed by atoms with Crippen LogP contribution in [-0.2, 0) is 4.79 Å². The van der Waals surface area contributed by atoms with Crippen LogP contribution in [0.25, 0.3) is 0 Å². The molecule has 82 valence electrons. The first-order valence-electron chi connectivity index (χ1n) is 4.52. The molecular formula is C10H14N2O3. The Kier molecular flexibility index (Phi) is 6.68. The van der Waals surface area contributed by atoms with E-state index in [4.69, 9.17) is 15.5 Å². The van der Waals surface area contributed by atoms with E-state index in [0.29, 0.717) is 13.1 Å².